The van der Waals surface area contributed by atoms with Crippen LogP contribution in [0.15, 0.2) is 36.6 Å². The molecule has 0 unspecified atom stereocenters. The SMILES string of the molecule is C=CCOc1ccc(/C=C2\NC(=O)N(C3CCCCC3)C2=O)cc1OCC. The standard InChI is InChI=1S/C21H26N2O4/c1-3-12-27-18-11-10-15(14-19(18)26-4-2)13-17-20(24)23(21(25)22-17)16-8-6-5-7-9-16/h3,10-11,13-14,16H,1,4-9,12H2,2H3,(H,22,25)/b17-13-. The highest BCUT2D eigenvalue weighted by molar-refractivity contribution is 6.14. The molecule has 6 heteroatoms. The topological polar surface area (TPSA) is 67.9 Å². The summed E-state index contributed by atoms with van der Waals surface area (Å²) in [6.45, 7) is 6.41. The summed E-state index contributed by atoms with van der Waals surface area (Å²) >= 11 is 0. The van der Waals surface area contributed by atoms with Gasteiger partial charge in [0.1, 0.15) is 12.3 Å². The van der Waals surface area contributed by atoms with Gasteiger partial charge in [-0.15, -0.1) is 0 Å². The lowest BCUT2D eigenvalue weighted by Crippen LogP contribution is -2.41. The Morgan fingerprint density at radius 1 is 1.19 bits per heavy atom. The number of ether oxygens (including phenoxy) is 2. The molecule has 0 spiro atoms. The Balaban J connectivity index is 1.81. The molecule has 2 aliphatic rings. The molecule has 27 heavy (non-hydrogen) atoms. The molecule has 144 valence electrons. The number of carbonyl (C=O) groups excluding carboxylic acids is 2. The van der Waals surface area contributed by atoms with Gasteiger partial charge in [-0.1, -0.05) is 38.0 Å². The van der Waals surface area contributed by atoms with Gasteiger partial charge in [-0.3, -0.25) is 9.69 Å². The van der Waals surface area contributed by atoms with Crippen LogP contribution < -0.4 is 14.8 Å². The fraction of sp³-hybridized carbons (Fsp3) is 0.429. The normalized spacial score (nSPS) is 19.3. The van der Waals surface area contributed by atoms with Crippen molar-refractivity contribution in [2.24, 2.45) is 0 Å². The Morgan fingerprint density at radius 2 is 1.96 bits per heavy atom. The molecule has 0 bridgehead atoms. The minimum atomic E-state index is -0.325. The van der Waals surface area contributed by atoms with Gasteiger partial charge >= 0.3 is 6.03 Å². The van der Waals surface area contributed by atoms with Crippen LogP contribution in [0.2, 0.25) is 0 Å². The van der Waals surface area contributed by atoms with Crippen LogP contribution in [-0.2, 0) is 4.79 Å². The largest absolute Gasteiger partial charge is 0.490 e. The van der Waals surface area contributed by atoms with E-state index in [0.29, 0.717) is 30.4 Å². The first-order valence-electron chi connectivity index (χ1n) is 9.50. The van der Waals surface area contributed by atoms with Crippen LogP contribution in [0.4, 0.5) is 4.79 Å². The summed E-state index contributed by atoms with van der Waals surface area (Å²) in [5, 5.41) is 2.71. The lowest BCUT2D eigenvalue weighted by atomic mass is 9.94. The van der Waals surface area contributed by atoms with Gasteiger partial charge < -0.3 is 14.8 Å². The van der Waals surface area contributed by atoms with Crippen molar-refractivity contribution in [3.63, 3.8) is 0 Å². The minimum Gasteiger partial charge on any atom is -0.490 e. The summed E-state index contributed by atoms with van der Waals surface area (Å²) in [6, 6.07) is 5.11. The minimum absolute atomic E-state index is 0.00538. The van der Waals surface area contributed by atoms with Crippen LogP contribution in [0.3, 0.4) is 0 Å². The molecule has 1 saturated carbocycles. The summed E-state index contributed by atoms with van der Waals surface area (Å²) in [7, 11) is 0. The first-order chi connectivity index (χ1) is 13.1. The van der Waals surface area contributed by atoms with Gasteiger partial charge in [0.15, 0.2) is 11.5 Å². The molecule has 0 aromatic heterocycles. The summed E-state index contributed by atoms with van der Waals surface area (Å²) in [4.78, 5) is 26.5. The van der Waals surface area contributed by atoms with Gasteiger partial charge in [0.2, 0.25) is 0 Å². The first-order valence-corrected chi connectivity index (χ1v) is 9.50. The van der Waals surface area contributed by atoms with Gasteiger partial charge in [-0.05, 0) is 43.5 Å². The van der Waals surface area contributed by atoms with Crippen molar-refractivity contribution >= 4 is 18.0 Å². The monoisotopic (exact) mass is 370 g/mol. The fourth-order valence-electron chi connectivity index (χ4n) is 3.54. The van der Waals surface area contributed by atoms with Crippen LogP contribution in [0.1, 0.15) is 44.6 Å². The molecule has 6 nitrogen and oxygen atoms in total. The number of imide groups is 1. The third-order valence-corrected chi connectivity index (χ3v) is 4.78. The van der Waals surface area contributed by atoms with E-state index >= 15 is 0 Å². The van der Waals surface area contributed by atoms with Gasteiger partial charge in [0.25, 0.3) is 5.91 Å². The highest BCUT2D eigenvalue weighted by atomic mass is 16.5. The Bertz CT molecular complexity index is 751. The molecule has 1 aliphatic heterocycles. The average Bonchev–Trinajstić information content (AvgIpc) is 2.95. The molecule has 1 N–H and O–H groups in total. The van der Waals surface area contributed by atoms with E-state index in [-0.39, 0.29) is 18.0 Å². The molecule has 1 aliphatic carbocycles. The number of rotatable bonds is 7. The summed E-state index contributed by atoms with van der Waals surface area (Å²) in [5.41, 5.74) is 1.06. The third kappa shape index (κ3) is 4.32. The third-order valence-electron chi connectivity index (χ3n) is 4.78. The molecule has 0 atom stereocenters. The maximum atomic E-state index is 12.7. The van der Waals surface area contributed by atoms with E-state index in [4.69, 9.17) is 9.47 Å². The number of urea groups is 1. The van der Waals surface area contributed by atoms with Crippen LogP contribution >= 0.6 is 0 Å². The quantitative estimate of drug-likeness (QED) is 0.449. The Labute approximate surface area is 159 Å². The fourth-order valence-corrected chi connectivity index (χ4v) is 3.54. The molecular formula is C21H26N2O4. The molecule has 1 heterocycles. The number of nitrogens with one attached hydrogen (secondary N) is 1. The van der Waals surface area contributed by atoms with Crippen LogP contribution in [-0.4, -0.2) is 36.1 Å². The van der Waals surface area contributed by atoms with Crippen molar-refractivity contribution in [3.05, 3.63) is 42.1 Å². The van der Waals surface area contributed by atoms with E-state index in [1.807, 2.05) is 13.0 Å². The Morgan fingerprint density at radius 3 is 2.67 bits per heavy atom. The number of hydrogen-bond donors (Lipinski definition) is 1. The molecule has 1 saturated heterocycles. The highest BCUT2D eigenvalue weighted by Crippen LogP contribution is 2.31. The molecular weight excluding hydrogens is 344 g/mol. The van der Waals surface area contributed by atoms with E-state index in [0.717, 1.165) is 31.2 Å². The molecule has 1 aromatic rings. The predicted octanol–water partition coefficient (Wildman–Crippen LogP) is 3.88. The zero-order valence-corrected chi connectivity index (χ0v) is 15.7. The number of hydrogen-bond acceptors (Lipinski definition) is 4. The number of benzene rings is 1. The van der Waals surface area contributed by atoms with Gasteiger partial charge in [0, 0.05) is 6.04 Å². The lowest BCUT2D eigenvalue weighted by Gasteiger charge is -2.28. The van der Waals surface area contributed by atoms with Crippen LogP contribution in [0.5, 0.6) is 11.5 Å². The smallest absolute Gasteiger partial charge is 0.329 e. The van der Waals surface area contributed by atoms with E-state index in [1.54, 1.807) is 24.3 Å². The predicted molar refractivity (Wildman–Crippen MR) is 104 cm³/mol. The van der Waals surface area contributed by atoms with Crippen LogP contribution in [0, 0.1) is 0 Å². The summed E-state index contributed by atoms with van der Waals surface area (Å²) in [6.07, 6.45) is 8.41. The van der Waals surface area contributed by atoms with E-state index in [9.17, 15) is 9.59 Å². The van der Waals surface area contributed by atoms with Crippen molar-refractivity contribution in [2.45, 2.75) is 45.1 Å². The van der Waals surface area contributed by atoms with Crippen LogP contribution in [0.25, 0.3) is 6.08 Å². The van der Waals surface area contributed by atoms with E-state index in [1.165, 1.54) is 11.3 Å². The van der Waals surface area contributed by atoms with Crippen molar-refractivity contribution in [1.82, 2.24) is 10.2 Å². The van der Waals surface area contributed by atoms with Crippen molar-refractivity contribution in [2.75, 3.05) is 13.2 Å². The molecule has 2 fully saturated rings. The second-order valence-electron chi connectivity index (χ2n) is 6.69. The number of carbonyl (C=O) groups is 2. The van der Waals surface area contributed by atoms with Crippen molar-refractivity contribution < 1.29 is 19.1 Å². The first kappa shape index (κ1) is 19.0. The zero-order chi connectivity index (χ0) is 19.2. The van der Waals surface area contributed by atoms with E-state index < -0.39 is 0 Å². The van der Waals surface area contributed by atoms with Gasteiger partial charge in [0.05, 0.1) is 6.61 Å². The van der Waals surface area contributed by atoms with Crippen molar-refractivity contribution in [3.8, 4) is 11.5 Å². The zero-order valence-electron chi connectivity index (χ0n) is 15.7. The second-order valence-corrected chi connectivity index (χ2v) is 6.69. The summed E-state index contributed by atoms with van der Waals surface area (Å²) in [5.74, 6) is 0.955. The Hall–Kier alpha value is -2.76. The lowest BCUT2D eigenvalue weighted by molar-refractivity contribution is -0.124. The molecule has 0 radical (unpaired) electrons. The second kappa shape index (κ2) is 8.75. The molecule has 3 amide bonds. The average molecular weight is 370 g/mol. The van der Waals surface area contributed by atoms with E-state index in [2.05, 4.69) is 11.9 Å². The maximum Gasteiger partial charge on any atom is 0.329 e. The Kier molecular flexibility index (Phi) is 6.16. The number of nitrogens with zero attached hydrogens (tertiary/aromatic N) is 1. The van der Waals surface area contributed by atoms with Gasteiger partial charge in [-0.25, -0.2) is 4.79 Å². The molecule has 1 aromatic carbocycles. The molecule has 3 rings (SSSR count). The maximum absolute atomic E-state index is 12.7. The van der Waals surface area contributed by atoms with Gasteiger partial charge in [-0.2, -0.15) is 0 Å². The highest BCUT2D eigenvalue weighted by Gasteiger charge is 2.38. The summed E-state index contributed by atoms with van der Waals surface area (Å²) < 4.78 is 11.2. The van der Waals surface area contributed by atoms with Crippen molar-refractivity contribution in [1.29, 1.82) is 0 Å². The number of amides is 3.